The number of H-pyrrole nitrogens is 1. The van der Waals surface area contributed by atoms with Crippen LogP contribution in [-0.4, -0.2) is 10.2 Å². The number of aromatic amines is 1. The van der Waals surface area contributed by atoms with Gasteiger partial charge in [-0.1, -0.05) is 35.4 Å². The summed E-state index contributed by atoms with van der Waals surface area (Å²) in [7, 11) is 0. The number of halogens is 2. The van der Waals surface area contributed by atoms with Gasteiger partial charge in [-0.3, -0.25) is 5.10 Å². The van der Waals surface area contributed by atoms with E-state index in [1.54, 1.807) is 6.07 Å². The SMILES string of the molecule is Cc1c(Cl)cc(-c2ccc(=S)[nH]n2)cc1Cl. The van der Waals surface area contributed by atoms with E-state index in [4.69, 9.17) is 35.4 Å². The summed E-state index contributed by atoms with van der Waals surface area (Å²) in [5.74, 6) is 0. The Balaban J connectivity index is 2.56. The summed E-state index contributed by atoms with van der Waals surface area (Å²) in [6.07, 6.45) is 0. The second-order valence-electron chi connectivity index (χ2n) is 3.37. The van der Waals surface area contributed by atoms with Crippen molar-refractivity contribution in [1.82, 2.24) is 10.2 Å². The van der Waals surface area contributed by atoms with Crippen LogP contribution < -0.4 is 0 Å². The molecule has 0 saturated carbocycles. The minimum Gasteiger partial charge on any atom is -0.267 e. The summed E-state index contributed by atoms with van der Waals surface area (Å²) in [6, 6.07) is 7.28. The van der Waals surface area contributed by atoms with Crippen molar-refractivity contribution in [3.05, 3.63) is 44.5 Å². The van der Waals surface area contributed by atoms with Crippen molar-refractivity contribution in [3.8, 4) is 11.3 Å². The smallest absolute Gasteiger partial charge is 0.119 e. The number of nitrogens with one attached hydrogen (secondary N) is 1. The highest BCUT2D eigenvalue weighted by atomic mass is 35.5. The van der Waals surface area contributed by atoms with Gasteiger partial charge in [0.05, 0.1) is 5.69 Å². The maximum Gasteiger partial charge on any atom is 0.119 e. The zero-order chi connectivity index (χ0) is 11.7. The Bertz CT molecular complexity index is 549. The molecule has 0 radical (unpaired) electrons. The third-order valence-corrected chi connectivity index (χ3v) is 3.27. The van der Waals surface area contributed by atoms with E-state index in [1.807, 2.05) is 25.1 Å². The maximum atomic E-state index is 6.06. The molecule has 0 unspecified atom stereocenters. The molecule has 0 bridgehead atoms. The lowest BCUT2D eigenvalue weighted by molar-refractivity contribution is 1.02. The van der Waals surface area contributed by atoms with E-state index in [0.717, 1.165) is 16.8 Å². The van der Waals surface area contributed by atoms with E-state index in [1.165, 1.54) is 0 Å². The first-order chi connectivity index (χ1) is 7.58. The predicted molar refractivity (Wildman–Crippen MR) is 69.6 cm³/mol. The molecule has 1 N–H and O–H groups in total. The van der Waals surface area contributed by atoms with Gasteiger partial charge in [-0.2, -0.15) is 5.10 Å². The predicted octanol–water partition coefficient (Wildman–Crippen LogP) is 4.42. The van der Waals surface area contributed by atoms with E-state index in [-0.39, 0.29) is 0 Å². The molecular weight excluding hydrogens is 263 g/mol. The Morgan fingerprint density at radius 2 is 1.81 bits per heavy atom. The standard InChI is InChI=1S/C11H8Cl2N2S/c1-6-8(12)4-7(5-9(6)13)10-2-3-11(16)15-14-10/h2-5H,1H3,(H,15,16). The van der Waals surface area contributed by atoms with E-state index < -0.39 is 0 Å². The highest BCUT2D eigenvalue weighted by molar-refractivity contribution is 7.71. The minimum absolute atomic E-state index is 0.591. The third-order valence-electron chi connectivity index (χ3n) is 2.26. The summed E-state index contributed by atoms with van der Waals surface area (Å²) in [6.45, 7) is 1.88. The molecule has 0 aliphatic rings. The summed E-state index contributed by atoms with van der Waals surface area (Å²) in [5.41, 5.74) is 2.50. The van der Waals surface area contributed by atoms with Gasteiger partial charge in [0, 0.05) is 15.6 Å². The van der Waals surface area contributed by atoms with Crippen LogP contribution in [0.1, 0.15) is 5.56 Å². The average Bonchev–Trinajstić information content (AvgIpc) is 2.26. The number of aromatic nitrogens is 2. The Morgan fingerprint density at radius 3 is 2.31 bits per heavy atom. The van der Waals surface area contributed by atoms with Gasteiger partial charge in [-0.25, -0.2) is 0 Å². The van der Waals surface area contributed by atoms with E-state index >= 15 is 0 Å². The summed E-state index contributed by atoms with van der Waals surface area (Å²) in [4.78, 5) is 0. The average molecular weight is 271 g/mol. The van der Waals surface area contributed by atoms with Crippen LogP contribution in [0.5, 0.6) is 0 Å². The van der Waals surface area contributed by atoms with Crippen molar-refractivity contribution in [1.29, 1.82) is 0 Å². The molecule has 1 heterocycles. The van der Waals surface area contributed by atoms with Gasteiger partial charge < -0.3 is 0 Å². The van der Waals surface area contributed by atoms with Gasteiger partial charge >= 0.3 is 0 Å². The maximum absolute atomic E-state index is 6.06. The number of rotatable bonds is 1. The molecule has 2 rings (SSSR count). The fourth-order valence-corrected chi connectivity index (χ4v) is 1.90. The van der Waals surface area contributed by atoms with Crippen LogP contribution in [0.3, 0.4) is 0 Å². The fraction of sp³-hybridized carbons (Fsp3) is 0.0909. The molecule has 0 amide bonds. The van der Waals surface area contributed by atoms with Gasteiger partial charge in [0.15, 0.2) is 0 Å². The lowest BCUT2D eigenvalue weighted by Gasteiger charge is -2.05. The molecule has 82 valence electrons. The normalized spacial score (nSPS) is 10.4. The number of hydrogen-bond donors (Lipinski definition) is 1. The van der Waals surface area contributed by atoms with Gasteiger partial charge in [-0.15, -0.1) is 0 Å². The third kappa shape index (κ3) is 2.26. The second-order valence-corrected chi connectivity index (χ2v) is 4.63. The molecule has 16 heavy (non-hydrogen) atoms. The largest absolute Gasteiger partial charge is 0.267 e. The molecule has 0 saturated heterocycles. The van der Waals surface area contributed by atoms with Crippen LogP contribution in [0, 0.1) is 11.6 Å². The minimum atomic E-state index is 0.591. The molecule has 0 fully saturated rings. The van der Waals surface area contributed by atoms with Gasteiger partial charge in [0.2, 0.25) is 0 Å². The summed E-state index contributed by atoms with van der Waals surface area (Å²) < 4.78 is 0.591. The van der Waals surface area contributed by atoms with Gasteiger partial charge in [-0.05, 0) is 36.8 Å². The lowest BCUT2D eigenvalue weighted by atomic mass is 10.1. The zero-order valence-corrected chi connectivity index (χ0v) is 10.7. The number of benzene rings is 1. The fourth-order valence-electron chi connectivity index (χ4n) is 1.30. The first-order valence-electron chi connectivity index (χ1n) is 4.59. The Morgan fingerprint density at radius 1 is 1.19 bits per heavy atom. The monoisotopic (exact) mass is 270 g/mol. The van der Waals surface area contributed by atoms with E-state index in [0.29, 0.717) is 14.7 Å². The molecular formula is C11H8Cl2N2S. The van der Waals surface area contributed by atoms with Crippen LogP contribution in [0.25, 0.3) is 11.3 Å². The summed E-state index contributed by atoms with van der Waals surface area (Å²) in [5, 5.41) is 8.11. The number of hydrogen-bond acceptors (Lipinski definition) is 2. The number of nitrogens with zero attached hydrogens (tertiary/aromatic N) is 1. The zero-order valence-electron chi connectivity index (χ0n) is 8.42. The van der Waals surface area contributed by atoms with E-state index in [9.17, 15) is 0 Å². The summed E-state index contributed by atoms with van der Waals surface area (Å²) >= 11 is 17.0. The van der Waals surface area contributed by atoms with Crippen molar-refractivity contribution in [2.24, 2.45) is 0 Å². The van der Waals surface area contributed by atoms with Crippen molar-refractivity contribution >= 4 is 35.4 Å². The highest BCUT2D eigenvalue weighted by Crippen LogP contribution is 2.29. The Kier molecular flexibility index (Phi) is 3.28. The molecule has 0 spiro atoms. The van der Waals surface area contributed by atoms with Crippen molar-refractivity contribution in [3.63, 3.8) is 0 Å². The highest BCUT2D eigenvalue weighted by Gasteiger charge is 2.06. The molecule has 1 aromatic heterocycles. The van der Waals surface area contributed by atoms with Crippen molar-refractivity contribution in [2.75, 3.05) is 0 Å². The Labute approximate surface area is 108 Å². The quantitative estimate of drug-likeness (QED) is 0.778. The molecule has 0 aliphatic carbocycles. The molecule has 5 heteroatoms. The van der Waals surface area contributed by atoms with Gasteiger partial charge in [0.1, 0.15) is 4.64 Å². The van der Waals surface area contributed by atoms with Crippen LogP contribution in [0.15, 0.2) is 24.3 Å². The van der Waals surface area contributed by atoms with Crippen LogP contribution in [0.2, 0.25) is 10.0 Å². The molecule has 0 aliphatic heterocycles. The lowest BCUT2D eigenvalue weighted by Crippen LogP contribution is -1.88. The van der Waals surface area contributed by atoms with Crippen LogP contribution in [-0.2, 0) is 0 Å². The molecule has 2 nitrogen and oxygen atoms in total. The topological polar surface area (TPSA) is 28.7 Å². The van der Waals surface area contributed by atoms with E-state index in [2.05, 4.69) is 10.2 Å². The molecule has 1 aromatic carbocycles. The van der Waals surface area contributed by atoms with Crippen LogP contribution in [0.4, 0.5) is 0 Å². The Hall–Kier alpha value is -0.900. The first kappa shape index (κ1) is 11.6. The molecule has 2 aromatic rings. The first-order valence-corrected chi connectivity index (χ1v) is 5.76. The molecule has 0 atom stereocenters. The van der Waals surface area contributed by atoms with Crippen molar-refractivity contribution in [2.45, 2.75) is 6.92 Å². The van der Waals surface area contributed by atoms with Crippen molar-refractivity contribution < 1.29 is 0 Å². The van der Waals surface area contributed by atoms with Gasteiger partial charge in [0.25, 0.3) is 0 Å². The second kappa shape index (κ2) is 4.53. The van der Waals surface area contributed by atoms with Crippen LogP contribution >= 0.6 is 35.4 Å².